The summed E-state index contributed by atoms with van der Waals surface area (Å²) in [6, 6.07) is 10.6. The first-order valence-corrected chi connectivity index (χ1v) is 7.98. The summed E-state index contributed by atoms with van der Waals surface area (Å²) in [6.07, 6.45) is 0. The number of aromatic nitrogens is 1. The number of anilines is 2. The number of thiazole rings is 1. The predicted molar refractivity (Wildman–Crippen MR) is 95.0 cm³/mol. The van der Waals surface area contributed by atoms with E-state index in [0.717, 1.165) is 4.70 Å². The molecule has 1 heterocycles. The van der Waals surface area contributed by atoms with Crippen molar-refractivity contribution in [3.8, 4) is 0 Å². The third kappa shape index (κ3) is 3.78. The largest absolute Gasteiger partial charge is 0.326 e. The van der Waals surface area contributed by atoms with Crippen LogP contribution in [0.1, 0.15) is 17.3 Å². The Labute approximate surface area is 145 Å². The van der Waals surface area contributed by atoms with Crippen molar-refractivity contribution in [1.29, 1.82) is 0 Å². The fourth-order valence-electron chi connectivity index (χ4n) is 2.16. The van der Waals surface area contributed by atoms with Crippen LogP contribution in [0.2, 0.25) is 0 Å². The molecule has 3 aromatic rings. The van der Waals surface area contributed by atoms with E-state index in [1.807, 2.05) is 0 Å². The molecule has 0 aliphatic heterocycles. The highest BCUT2D eigenvalue weighted by Crippen LogP contribution is 2.28. The third-order valence-corrected chi connectivity index (χ3v) is 4.20. The highest BCUT2D eigenvalue weighted by molar-refractivity contribution is 7.22. The highest BCUT2D eigenvalue weighted by atomic mass is 32.1. The van der Waals surface area contributed by atoms with Gasteiger partial charge in [-0.3, -0.25) is 25.0 Å². The average Bonchev–Trinajstić information content (AvgIpc) is 2.95. The van der Waals surface area contributed by atoms with Crippen LogP contribution in [-0.2, 0) is 4.79 Å². The quantitative estimate of drug-likeness (QED) is 0.549. The molecular formula is C16H12N4O4S. The number of hydrogen-bond acceptors (Lipinski definition) is 6. The molecule has 2 aromatic carbocycles. The molecule has 0 radical (unpaired) electrons. The Morgan fingerprint density at radius 1 is 1.12 bits per heavy atom. The van der Waals surface area contributed by atoms with Gasteiger partial charge in [0.15, 0.2) is 5.13 Å². The van der Waals surface area contributed by atoms with E-state index < -0.39 is 10.8 Å². The summed E-state index contributed by atoms with van der Waals surface area (Å²) in [5.41, 5.74) is 1.56. The second-order valence-corrected chi connectivity index (χ2v) is 6.17. The van der Waals surface area contributed by atoms with Gasteiger partial charge in [0, 0.05) is 30.3 Å². The Morgan fingerprint density at radius 3 is 2.48 bits per heavy atom. The van der Waals surface area contributed by atoms with E-state index in [4.69, 9.17) is 0 Å². The smallest absolute Gasteiger partial charge is 0.269 e. The summed E-state index contributed by atoms with van der Waals surface area (Å²) in [5.74, 6) is -0.577. The van der Waals surface area contributed by atoms with Gasteiger partial charge >= 0.3 is 0 Å². The van der Waals surface area contributed by atoms with Crippen LogP contribution >= 0.6 is 11.3 Å². The molecule has 2 N–H and O–H groups in total. The van der Waals surface area contributed by atoms with Gasteiger partial charge in [0.1, 0.15) is 0 Å². The summed E-state index contributed by atoms with van der Waals surface area (Å²) in [5, 5.41) is 16.4. The lowest BCUT2D eigenvalue weighted by Gasteiger charge is -2.00. The molecule has 0 saturated heterocycles. The molecule has 9 heteroatoms. The normalized spacial score (nSPS) is 10.4. The van der Waals surface area contributed by atoms with Gasteiger partial charge in [-0.2, -0.15) is 0 Å². The van der Waals surface area contributed by atoms with Crippen molar-refractivity contribution in [2.75, 3.05) is 10.6 Å². The molecule has 0 unspecified atom stereocenters. The van der Waals surface area contributed by atoms with E-state index in [-0.39, 0.29) is 11.6 Å². The lowest BCUT2D eigenvalue weighted by molar-refractivity contribution is -0.384. The summed E-state index contributed by atoms with van der Waals surface area (Å²) in [7, 11) is 0. The van der Waals surface area contributed by atoms with Gasteiger partial charge in [-0.15, -0.1) is 0 Å². The Bertz CT molecular complexity index is 981. The molecule has 25 heavy (non-hydrogen) atoms. The van der Waals surface area contributed by atoms with Crippen LogP contribution in [0.5, 0.6) is 0 Å². The molecule has 0 fully saturated rings. The molecule has 0 atom stereocenters. The van der Waals surface area contributed by atoms with Gasteiger partial charge in [-0.05, 0) is 30.3 Å². The molecule has 0 saturated carbocycles. The van der Waals surface area contributed by atoms with E-state index in [1.165, 1.54) is 42.5 Å². The summed E-state index contributed by atoms with van der Waals surface area (Å²) in [6.45, 7) is 1.42. The zero-order chi connectivity index (χ0) is 18.0. The third-order valence-electron chi connectivity index (χ3n) is 3.27. The number of fused-ring (bicyclic) bond motifs is 1. The minimum atomic E-state index is -0.526. The fraction of sp³-hybridized carbons (Fsp3) is 0.0625. The predicted octanol–water partition coefficient (Wildman–Crippen LogP) is 3.42. The minimum Gasteiger partial charge on any atom is -0.326 e. The van der Waals surface area contributed by atoms with Gasteiger partial charge in [0.2, 0.25) is 5.91 Å². The summed E-state index contributed by atoms with van der Waals surface area (Å²) in [4.78, 5) is 37.7. The lowest BCUT2D eigenvalue weighted by atomic mass is 10.2. The van der Waals surface area contributed by atoms with Crippen LogP contribution in [-0.4, -0.2) is 21.7 Å². The van der Waals surface area contributed by atoms with Gasteiger partial charge < -0.3 is 5.32 Å². The monoisotopic (exact) mass is 356 g/mol. The van der Waals surface area contributed by atoms with Crippen LogP contribution in [0.3, 0.4) is 0 Å². The molecule has 2 amide bonds. The number of hydrogen-bond donors (Lipinski definition) is 2. The number of carbonyl (C=O) groups is 2. The number of amides is 2. The van der Waals surface area contributed by atoms with Crippen molar-refractivity contribution in [1.82, 2.24) is 4.98 Å². The molecule has 0 aliphatic rings. The van der Waals surface area contributed by atoms with Crippen LogP contribution < -0.4 is 10.6 Å². The van der Waals surface area contributed by atoms with Crippen LogP contribution in [0, 0.1) is 10.1 Å². The Kier molecular flexibility index (Phi) is 4.40. The lowest BCUT2D eigenvalue weighted by Crippen LogP contribution is -2.11. The van der Waals surface area contributed by atoms with Crippen molar-refractivity contribution in [2.24, 2.45) is 0 Å². The van der Waals surface area contributed by atoms with Crippen molar-refractivity contribution in [3.05, 3.63) is 58.1 Å². The van der Waals surface area contributed by atoms with E-state index in [1.54, 1.807) is 18.2 Å². The first-order chi connectivity index (χ1) is 11.9. The van der Waals surface area contributed by atoms with E-state index in [0.29, 0.717) is 21.9 Å². The number of carbonyl (C=O) groups excluding carboxylic acids is 2. The van der Waals surface area contributed by atoms with Crippen molar-refractivity contribution in [2.45, 2.75) is 6.92 Å². The second-order valence-electron chi connectivity index (χ2n) is 5.14. The molecule has 0 aliphatic carbocycles. The van der Waals surface area contributed by atoms with Crippen molar-refractivity contribution >= 4 is 49.9 Å². The number of rotatable bonds is 4. The maximum atomic E-state index is 12.2. The van der Waals surface area contributed by atoms with E-state index in [9.17, 15) is 19.7 Å². The average molecular weight is 356 g/mol. The number of nitro groups is 1. The van der Waals surface area contributed by atoms with E-state index in [2.05, 4.69) is 15.6 Å². The minimum absolute atomic E-state index is 0.0814. The molecule has 3 rings (SSSR count). The number of nitrogens with one attached hydrogen (secondary N) is 2. The molecule has 0 bridgehead atoms. The Hall–Kier alpha value is -3.33. The Morgan fingerprint density at radius 2 is 1.84 bits per heavy atom. The van der Waals surface area contributed by atoms with Gasteiger partial charge in [0.05, 0.1) is 15.1 Å². The second kappa shape index (κ2) is 6.65. The van der Waals surface area contributed by atoms with Gasteiger partial charge in [0.25, 0.3) is 11.6 Å². The zero-order valence-electron chi connectivity index (χ0n) is 13.0. The number of nitrogens with zero attached hydrogens (tertiary/aromatic N) is 2. The zero-order valence-corrected chi connectivity index (χ0v) is 13.8. The molecular weight excluding hydrogens is 344 g/mol. The SMILES string of the molecule is CC(=O)Nc1ccc2nc(NC(=O)c3ccc([N+](=O)[O-])cc3)sc2c1. The van der Waals surface area contributed by atoms with Crippen LogP contribution in [0.15, 0.2) is 42.5 Å². The van der Waals surface area contributed by atoms with Crippen LogP contribution in [0.25, 0.3) is 10.2 Å². The van der Waals surface area contributed by atoms with Crippen molar-refractivity contribution < 1.29 is 14.5 Å². The Balaban J connectivity index is 1.78. The summed E-state index contributed by atoms with van der Waals surface area (Å²) < 4.78 is 0.810. The first kappa shape index (κ1) is 16.5. The maximum Gasteiger partial charge on any atom is 0.269 e. The topological polar surface area (TPSA) is 114 Å². The van der Waals surface area contributed by atoms with Gasteiger partial charge in [-0.25, -0.2) is 4.98 Å². The molecule has 1 aromatic heterocycles. The first-order valence-electron chi connectivity index (χ1n) is 7.16. The van der Waals surface area contributed by atoms with E-state index >= 15 is 0 Å². The molecule has 0 spiro atoms. The van der Waals surface area contributed by atoms with Gasteiger partial charge in [-0.1, -0.05) is 11.3 Å². The standard InChI is InChI=1S/C16H12N4O4S/c1-9(21)17-11-4-7-13-14(8-11)25-16(18-13)19-15(22)10-2-5-12(6-3-10)20(23)24/h2-8H,1H3,(H,17,21)(H,18,19,22). The fourth-order valence-corrected chi connectivity index (χ4v) is 3.06. The highest BCUT2D eigenvalue weighted by Gasteiger charge is 2.12. The number of nitro benzene ring substituents is 1. The number of benzene rings is 2. The maximum absolute atomic E-state index is 12.2. The summed E-state index contributed by atoms with van der Waals surface area (Å²) >= 11 is 1.27. The van der Waals surface area contributed by atoms with Crippen molar-refractivity contribution in [3.63, 3.8) is 0 Å². The van der Waals surface area contributed by atoms with Crippen LogP contribution in [0.4, 0.5) is 16.5 Å². The molecule has 126 valence electrons. The molecule has 8 nitrogen and oxygen atoms in total. The number of non-ortho nitro benzene ring substituents is 1.